The molecule has 1 aromatic carbocycles. The summed E-state index contributed by atoms with van der Waals surface area (Å²) in [6.45, 7) is 2.11. The van der Waals surface area contributed by atoms with Gasteiger partial charge >= 0.3 is 0 Å². The normalized spacial score (nSPS) is 12.4. The van der Waals surface area contributed by atoms with E-state index in [0.29, 0.717) is 11.3 Å². The van der Waals surface area contributed by atoms with Crippen LogP contribution in [0.4, 0.5) is 0 Å². The van der Waals surface area contributed by atoms with Crippen LogP contribution in [0.1, 0.15) is 36.5 Å². The van der Waals surface area contributed by atoms with Gasteiger partial charge in [-0.1, -0.05) is 53.9 Å². The summed E-state index contributed by atoms with van der Waals surface area (Å²) in [7, 11) is -1.03. The molecule has 0 saturated heterocycles. The minimum atomic E-state index is -1.03. The fraction of sp³-hybridized carbons (Fsp3) is 0.462. The number of hydrogen-bond donors (Lipinski definition) is 0. The second-order valence-electron chi connectivity index (χ2n) is 3.90. The average molecular weight is 317 g/mol. The first-order valence-corrected chi connectivity index (χ1v) is 8.06. The van der Waals surface area contributed by atoms with E-state index in [9.17, 15) is 9.00 Å². The van der Waals surface area contributed by atoms with Gasteiger partial charge in [0.15, 0.2) is 5.78 Å². The number of carbonyl (C=O) groups excluding carboxylic acids is 1. The van der Waals surface area contributed by atoms with Crippen molar-refractivity contribution in [1.82, 2.24) is 0 Å². The summed E-state index contributed by atoms with van der Waals surface area (Å²) >= 11 is 3.33. The molecule has 0 heterocycles. The lowest BCUT2D eigenvalue weighted by atomic mass is 10.1. The van der Waals surface area contributed by atoms with Crippen molar-refractivity contribution in [3.05, 3.63) is 34.3 Å². The minimum absolute atomic E-state index is 0.0488. The third-order valence-electron chi connectivity index (χ3n) is 2.44. The van der Waals surface area contributed by atoms with Gasteiger partial charge in [0.2, 0.25) is 0 Å². The molecule has 0 fully saturated rings. The van der Waals surface area contributed by atoms with Crippen molar-refractivity contribution in [2.45, 2.75) is 26.2 Å². The highest BCUT2D eigenvalue weighted by atomic mass is 79.9. The van der Waals surface area contributed by atoms with Gasteiger partial charge in [-0.2, -0.15) is 0 Å². The third kappa shape index (κ3) is 5.13. The maximum atomic E-state index is 11.9. The Bertz CT molecular complexity index is 404. The molecule has 0 saturated carbocycles. The predicted molar refractivity (Wildman–Crippen MR) is 75.9 cm³/mol. The number of carbonyl (C=O) groups is 1. The van der Waals surface area contributed by atoms with E-state index in [1.807, 2.05) is 18.2 Å². The lowest BCUT2D eigenvalue weighted by molar-refractivity contribution is 0.102. The zero-order valence-electron chi connectivity index (χ0n) is 9.95. The van der Waals surface area contributed by atoms with Crippen LogP contribution in [0.3, 0.4) is 0 Å². The third-order valence-corrected chi connectivity index (χ3v) is 4.46. The summed E-state index contributed by atoms with van der Waals surface area (Å²) in [5, 5.41) is 0. The second-order valence-corrected chi connectivity index (χ2v) is 6.33. The molecule has 0 aliphatic rings. The molecule has 0 aliphatic heterocycles. The molecule has 4 heteroatoms. The Balaban J connectivity index is 2.49. The van der Waals surface area contributed by atoms with Crippen molar-refractivity contribution in [2.24, 2.45) is 0 Å². The van der Waals surface area contributed by atoms with Crippen LogP contribution in [0.15, 0.2) is 28.7 Å². The molecule has 2 nitrogen and oxygen atoms in total. The molecule has 1 unspecified atom stereocenters. The molecule has 0 radical (unpaired) electrons. The van der Waals surface area contributed by atoms with Gasteiger partial charge in [-0.05, 0) is 12.5 Å². The molecule has 94 valence electrons. The highest BCUT2D eigenvalue weighted by molar-refractivity contribution is 9.10. The van der Waals surface area contributed by atoms with Crippen LogP contribution >= 0.6 is 15.9 Å². The molecule has 0 bridgehead atoms. The van der Waals surface area contributed by atoms with E-state index in [1.165, 1.54) is 0 Å². The fourth-order valence-electron chi connectivity index (χ4n) is 1.50. The summed E-state index contributed by atoms with van der Waals surface area (Å²) in [6, 6.07) is 7.26. The van der Waals surface area contributed by atoms with Gasteiger partial charge in [0, 0.05) is 26.6 Å². The summed E-state index contributed by atoms with van der Waals surface area (Å²) in [4.78, 5) is 11.9. The van der Waals surface area contributed by atoms with E-state index in [4.69, 9.17) is 0 Å². The van der Waals surface area contributed by atoms with Crippen molar-refractivity contribution >= 4 is 32.5 Å². The highest BCUT2D eigenvalue weighted by Crippen LogP contribution is 2.16. The lowest BCUT2D eigenvalue weighted by Gasteiger charge is -2.03. The summed E-state index contributed by atoms with van der Waals surface area (Å²) < 4.78 is 12.5. The maximum Gasteiger partial charge on any atom is 0.176 e. The van der Waals surface area contributed by atoms with Gasteiger partial charge in [0.25, 0.3) is 0 Å². The lowest BCUT2D eigenvalue weighted by Crippen LogP contribution is -2.13. The largest absolute Gasteiger partial charge is 0.293 e. The first-order valence-electron chi connectivity index (χ1n) is 5.78. The number of halogens is 1. The standard InChI is InChI=1S/C13H17BrO2S/c1-2-3-6-9-17(16)10-13(15)11-7-4-5-8-12(11)14/h4-5,7-8H,2-3,6,9-10H2,1H3. The van der Waals surface area contributed by atoms with Crippen LogP contribution in [-0.2, 0) is 10.8 Å². The SMILES string of the molecule is CCCCCS(=O)CC(=O)c1ccccc1Br. The van der Waals surface area contributed by atoms with E-state index >= 15 is 0 Å². The van der Waals surface area contributed by atoms with Crippen LogP contribution < -0.4 is 0 Å². The molecular formula is C13H17BrO2S. The molecule has 0 N–H and O–H groups in total. The molecule has 0 aliphatic carbocycles. The highest BCUT2D eigenvalue weighted by Gasteiger charge is 2.12. The fourth-order valence-corrected chi connectivity index (χ4v) is 3.12. The Hall–Kier alpha value is -0.480. The molecular weight excluding hydrogens is 300 g/mol. The minimum Gasteiger partial charge on any atom is -0.293 e. The van der Waals surface area contributed by atoms with E-state index in [2.05, 4.69) is 22.9 Å². The van der Waals surface area contributed by atoms with Gasteiger partial charge < -0.3 is 0 Å². The van der Waals surface area contributed by atoms with Gasteiger partial charge in [-0.25, -0.2) is 0 Å². The summed E-state index contributed by atoms with van der Waals surface area (Å²) in [5.74, 6) is 0.711. The number of rotatable bonds is 7. The van der Waals surface area contributed by atoms with Crippen molar-refractivity contribution in [2.75, 3.05) is 11.5 Å². The van der Waals surface area contributed by atoms with Crippen LogP contribution in [0.2, 0.25) is 0 Å². The topological polar surface area (TPSA) is 34.1 Å². The Kier molecular flexibility index (Phi) is 6.66. The second kappa shape index (κ2) is 7.77. The number of unbranched alkanes of at least 4 members (excludes halogenated alkanes) is 2. The van der Waals surface area contributed by atoms with Gasteiger partial charge in [-0.15, -0.1) is 0 Å². The van der Waals surface area contributed by atoms with Gasteiger partial charge in [0.05, 0.1) is 5.75 Å². The van der Waals surface area contributed by atoms with Crippen molar-refractivity contribution in [3.8, 4) is 0 Å². The molecule has 1 rings (SSSR count). The zero-order valence-corrected chi connectivity index (χ0v) is 12.4. The Morgan fingerprint density at radius 3 is 2.65 bits per heavy atom. The monoisotopic (exact) mass is 316 g/mol. The predicted octanol–water partition coefficient (Wildman–Crippen LogP) is 3.57. The van der Waals surface area contributed by atoms with E-state index in [1.54, 1.807) is 6.07 Å². The van der Waals surface area contributed by atoms with Crippen LogP contribution in [0.5, 0.6) is 0 Å². The number of benzene rings is 1. The maximum absolute atomic E-state index is 11.9. The van der Waals surface area contributed by atoms with Crippen molar-refractivity contribution in [3.63, 3.8) is 0 Å². The number of hydrogen-bond acceptors (Lipinski definition) is 2. The zero-order chi connectivity index (χ0) is 12.7. The quantitative estimate of drug-likeness (QED) is 0.569. The molecule has 0 amide bonds. The van der Waals surface area contributed by atoms with E-state index < -0.39 is 10.8 Å². The number of ketones is 1. The number of Topliss-reactive ketones (excluding diaryl/α,β-unsaturated/α-hetero) is 1. The van der Waals surface area contributed by atoms with Crippen LogP contribution in [-0.4, -0.2) is 21.5 Å². The van der Waals surface area contributed by atoms with Crippen LogP contribution in [0, 0.1) is 0 Å². The smallest absolute Gasteiger partial charge is 0.176 e. The van der Waals surface area contributed by atoms with Crippen molar-refractivity contribution in [1.29, 1.82) is 0 Å². The molecule has 1 aromatic rings. The van der Waals surface area contributed by atoms with Gasteiger partial charge in [-0.3, -0.25) is 9.00 Å². The first kappa shape index (κ1) is 14.6. The average Bonchev–Trinajstić information content (AvgIpc) is 2.29. The van der Waals surface area contributed by atoms with Crippen molar-refractivity contribution < 1.29 is 9.00 Å². The molecule has 0 aromatic heterocycles. The summed E-state index contributed by atoms with van der Waals surface area (Å²) in [6.07, 6.45) is 3.12. The van der Waals surface area contributed by atoms with E-state index in [0.717, 1.165) is 23.7 Å². The van der Waals surface area contributed by atoms with Crippen LogP contribution in [0.25, 0.3) is 0 Å². The molecule has 17 heavy (non-hydrogen) atoms. The Morgan fingerprint density at radius 1 is 1.29 bits per heavy atom. The summed E-state index contributed by atoms with van der Waals surface area (Å²) in [5.41, 5.74) is 0.622. The Morgan fingerprint density at radius 2 is 2.00 bits per heavy atom. The van der Waals surface area contributed by atoms with E-state index in [-0.39, 0.29) is 11.5 Å². The first-order chi connectivity index (χ1) is 8.15. The van der Waals surface area contributed by atoms with Gasteiger partial charge in [0.1, 0.15) is 0 Å². The molecule has 0 spiro atoms. The Labute approximate surface area is 113 Å². The molecule has 1 atom stereocenters.